The van der Waals surface area contributed by atoms with Gasteiger partial charge in [0.25, 0.3) is 0 Å². The lowest BCUT2D eigenvalue weighted by Crippen LogP contribution is -2.01. The lowest BCUT2D eigenvalue weighted by molar-refractivity contribution is -0.116. The molecule has 0 aliphatic rings. The summed E-state index contributed by atoms with van der Waals surface area (Å²) in [6.45, 7) is 3.00. The summed E-state index contributed by atoms with van der Waals surface area (Å²) in [6.07, 6.45) is 2.30. The molecule has 1 aromatic carbocycles. The van der Waals surface area contributed by atoms with E-state index in [4.69, 9.17) is 9.47 Å². The molecule has 17 heavy (non-hydrogen) atoms. The number of carbonyl (C=O) groups is 1. The van der Waals surface area contributed by atoms with Crippen LogP contribution in [0.15, 0.2) is 24.3 Å². The summed E-state index contributed by atoms with van der Waals surface area (Å²) in [5.41, 5.74) is 1.17. The van der Waals surface area contributed by atoms with Crippen molar-refractivity contribution in [2.75, 3.05) is 20.3 Å². The molecule has 0 spiro atoms. The van der Waals surface area contributed by atoms with Gasteiger partial charge >= 0.3 is 0 Å². The van der Waals surface area contributed by atoms with Crippen LogP contribution in [0.3, 0.4) is 0 Å². The third-order valence-electron chi connectivity index (χ3n) is 2.45. The molecule has 0 fully saturated rings. The van der Waals surface area contributed by atoms with Gasteiger partial charge in [-0.25, -0.2) is 0 Å². The smallest absolute Gasteiger partial charge is 0.130 e. The zero-order valence-electron chi connectivity index (χ0n) is 10.6. The van der Waals surface area contributed by atoms with E-state index in [-0.39, 0.29) is 5.78 Å². The van der Waals surface area contributed by atoms with Crippen molar-refractivity contribution in [2.24, 2.45) is 0 Å². The highest BCUT2D eigenvalue weighted by molar-refractivity contribution is 5.75. The third kappa shape index (κ3) is 6.07. The molecule has 0 unspecified atom stereocenters. The molecule has 3 heteroatoms. The quantitative estimate of drug-likeness (QED) is 0.651. The number of ketones is 1. The maximum atomic E-state index is 10.9. The SMILES string of the molecule is COCCCOc1ccc(CCC(C)=O)cc1. The fourth-order valence-electron chi connectivity index (χ4n) is 1.47. The van der Waals surface area contributed by atoms with E-state index in [9.17, 15) is 4.79 Å². The Morgan fingerprint density at radius 2 is 1.88 bits per heavy atom. The summed E-state index contributed by atoms with van der Waals surface area (Å²) in [5.74, 6) is 1.09. The summed E-state index contributed by atoms with van der Waals surface area (Å²) >= 11 is 0. The number of ether oxygens (including phenoxy) is 2. The molecule has 0 amide bonds. The van der Waals surface area contributed by atoms with E-state index in [1.807, 2.05) is 24.3 Å². The van der Waals surface area contributed by atoms with Gasteiger partial charge in [-0.15, -0.1) is 0 Å². The van der Waals surface area contributed by atoms with Gasteiger partial charge in [-0.3, -0.25) is 0 Å². The topological polar surface area (TPSA) is 35.5 Å². The van der Waals surface area contributed by atoms with Crippen molar-refractivity contribution < 1.29 is 14.3 Å². The molecule has 0 heterocycles. The van der Waals surface area contributed by atoms with Gasteiger partial charge in [-0.05, 0) is 31.0 Å². The Balaban J connectivity index is 2.31. The van der Waals surface area contributed by atoms with Gasteiger partial charge in [0.1, 0.15) is 11.5 Å². The zero-order valence-corrected chi connectivity index (χ0v) is 10.6. The van der Waals surface area contributed by atoms with Crippen LogP contribution in [-0.2, 0) is 16.0 Å². The maximum Gasteiger partial charge on any atom is 0.130 e. The van der Waals surface area contributed by atoms with Crippen molar-refractivity contribution >= 4 is 5.78 Å². The van der Waals surface area contributed by atoms with E-state index in [0.29, 0.717) is 13.0 Å². The Labute approximate surface area is 103 Å². The third-order valence-corrected chi connectivity index (χ3v) is 2.45. The highest BCUT2D eigenvalue weighted by atomic mass is 16.5. The minimum atomic E-state index is 0.227. The zero-order chi connectivity index (χ0) is 12.5. The summed E-state index contributed by atoms with van der Waals surface area (Å²) in [5, 5.41) is 0. The van der Waals surface area contributed by atoms with Crippen molar-refractivity contribution in [3.63, 3.8) is 0 Å². The van der Waals surface area contributed by atoms with Gasteiger partial charge in [-0.1, -0.05) is 12.1 Å². The Morgan fingerprint density at radius 3 is 2.47 bits per heavy atom. The van der Waals surface area contributed by atoms with Crippen LogP contribution < -0.4 is 4.74 Å². The minimum absolute atomic E-state index is 0.227. The van der Waals surface area contributed by atoms with Gasteiger partial charge in [0.15, 0.2) is 0 Å². The number of hydrogen-bond acceptors (Lipinski definition) is 3. The Kier molecular flexibility index (Phi) is 6.33. The molecule has 94 valence electrons. The molecular formula is C14H20O3. The molecular weight excluding hydrogens is 216 g/mol. The average molecular weight is 236 g/mol. The van der Waals surface area contributed by atoms with E-state index in [1.54, 1.807) is 14.0 Å². The number of methoxy groups -OCH3 is 1. The highest BCUT2D eigenvalue weighted by Crippen LogP contribution is 2.13. The molecule has 0 saturated heterocycles. The normalized spacial score (nSPS) is 10.2. The second-order valence-electron chi connectivity index (χ2n) is 4.04. The van der Waals surface area contributed by atoms with Crippen LogP contribution >= 0.6 is 0 Å². The van der Waals surface area contributed by atoms with Gasteiger partial charge < -0.3 is 14.3 Å². The summed E-state index contributed by atoms with van der Waals surface area (Å²) < 4.78 is 10.5. The highest BCUT2D eigenvalue weighted by Gasteiger charge is 1.98. The van der Waals surface area contributed by atoms with Gasteiger partial charge in [0.2, 0.25) is 0 Å². The molecule has 0 aliphatic heterocycles. The molecule has 0 saturated carbocycles. The Morgan fingerprint density at radius 1 is 1.18 bits per heavy atom. The lowest BCUT2D eigenvalue weighted by Gasteiger charge is -2.06. The van der Waals surface area contributed by atoms with Crippen molar-refractivity contribution in [3.05, 3.63) is 29.8 Å². The maximum absolute atomic E-state index is 10.9. The summed E-state index contributed by atoms with van der Waals surface area (Å²) in [4.78, 5) is 10.9. The first-order valence-corrected chi connectivity index (χ1v) is 5.92. The van der Waals surface area contributed by atoms with Crippen LogP contribution in [0.1, 0.15) is 25.3 Å². The van der Waals surface area contributed by atoms with Crippen LogP contribution in [0.25, 0.3) is 0 Å². The molecule has 0 bridgehead atoms. The second kappa shape index (κ2) is 7.85. The fraction of sp³-hybridized carbons (Fsp3) is 0.500. The van der Waals surface area contributed by atoms with E-state index < -0.39 is 0 Å². The molecule has 0 atom stereocenters. The molecule has 1 aromatic rings. The van der Waals surface area contributed by atoms with E-state index >= 15 is 0 Å². The van der Waals surface area contributed by atoms with Gasteiger partial charge in [0.05, 0.1) is 6.61 Å². The Hall–Kier alpha value is -1.35. The number of benzene rings is 1. The van der Waals surface area contributed by atoms with Crippen LogP contribution in [0.2, 0.25) is 0 Å². The van der Waals surface area contributed by atoms with E-state index in [2.05, 4.69) is 0 Å². The average Bonchev–Trinajstić information content (AvgIpc) is 2.33. The van der Waals surface area contributed by atoms with Gasteiger partial charge in [-0.2, -0.15) is 0 Å². The first-order valence-electron chi connectivity index (χ1n) is 5.92. The van der Waals surface area contributed by atoms with Crippen LogP contribution in [0.5, 0.6) is 5.75 Å². The van der Waals surface area contributed by atoms with Crippen molar-refractivity contribution in [2.45, 2.75) is 26.2 Å². The molecule has 1 rings (SSSR count). The van der Waals surface area contributed by atoms with E-state index in [0.717, 1.165) is 25.2 Å². The lowest BCUT2D eigenvalue weighted by atomic mass is 10.1. The second-order valence-corrected chi connectivity index (χ2v) is 4.04. The van der Waals surface area contributed by atoms with Crippen molar-refractivity contribution in [1.29, 1.82) is 0 Å². The predicted molar refractivity (Wildman–Crippen MR) is 67.4 cm³/mol. The first kappa shape index (κ1) is 13.7. The molecule has 0 N–H and O–H groups in total. The Bertz CT molecular complexity index is 330. The standard InChI is InChI=1S/C14H20O3/c1-12(15)4-5-13-6-8-14(9-7-13)17-11-3-10-16-2/h6-9H,3-5,10-11H2,1-2H3. The molecule has 0 aromatic heterocycles. The molecule has 0 aliphatic carbocycles. The van der Waals surface area contributed by atoms with Crippen molar-refractivity contribution in [1.82, 2.24) is 0 Å². The molecule has 0 radical (unpaired) electrons. The van der Waals surface area contributed by atoms with Crippen molar-refractivity contribution in [3.8, 4) is 5.75 Å². The predicted octanol–water partition coefficient (Wildman–Crippen LogP) is 2.62. The summed E-state index contributed by atoms with van der Waals surface area (Å²) in [6, 6.07) is 7.91. The number of aryl methyl sites for hydroxylation is 1. The van der Waals surface area contributed by atoms with Crippen LogP contribution in [0.4, 0.5) is 0 Å². The van der Waals surface area contributed by atoms with E-state index in [1.165, 1.54) is 5.56 Å². The fourth-order valence-corrected chi connectivity index (χ4v) is 1.47. The van der Waals surface area contributed by atoms with Gasteiger partial charge in [0, 0.05) is 26.6 Å². The van der Waals surface area contributed by atoms with Crippen LogP contribution in [0, 0.1) is 0 Å². The minimum Gasteiger partial charge on any atom is -0.494 e. The first-order chi connectivity index (χ1) is 8.22. The number of carbonyl (C=O) groups excluding carboxylic acids is 1. The molecule has 3 nitrogen and oxygen atoms in total. The number of rotatable bonds is 8. The number of hydrogen-bond donors (Lipinski definition) is 0. The van der Waals surface area contributed by atoms with Crippen LogP contribution in [-0.4, -0.2) is 26.1 Å². The summed E-state index contributed by atoms with van der Waals surface area (Å²) in [7, 11) is 1.68. The monoisotopic (exact) mass is 236 g/mol. The number of Topliss-reactive ketones (excluding diaryl/α,β-unsaturated/α-hetero) is 1. The largest absolute Gasteiger partial charge is 0.494 e.